The van der Waals surface area contributed by atoms with Crippen LogP contribution in [0.25, 0.3) is 0 Å². The van der Waals surface area contributed by atoms with Gasteiger partial charge in [-0.25, -0.2) is 0 Å². The van der Waals surface area contributed by atoms with Crippen LogP contribution in [0, 0.1) is 13.8 Å². The highest BCUT2D eigenvalue weighted by Crippen LogP contribution is 2.26. The fraction of sp³-hybridized carbons (Fsp3) is 0.222. The minimum absolute atomic E-state index is 0.130. The number of aliphatic hydroxyl groups excluding tert-OH is 1. The smallest absolute Gasteiger partial charge is 0.120 e. The minimum Gasteiger partial charge on any atom is -0.489 e. The van der Waals surface area contributed by atoms with Crippen LogP contribution >= 0.6 is 31.9 Å². The second kappa shape index (κ2) is 23.4. The number of hydrogen-bond acceptors (Lipinski definition) is 7. The molecule has 9 heteroatoms. The molecule has 7 aromatic rings. The van der Waals surface area contributed by atoms with Crippen LogP contribution in [-0.4, -0.2) is 5.11 Å². The molecule has 0 saturated heterocycles. The molecule has 0 atom stereocenters. The summed E-state index contributed by atoms with van der Waals surface area (Å²) in [5.41, 5.74) is 12.3. The summed E-state index contributed by atoms with van der Waals surface area (Å²) in [6.45, 7) is 7.72. The lowest BCUT2D eigenvalue weighted by atomic mass is 10.1. The zero-order chi connectivity index (χ0) is 43.8. The van der Waals surface area contributed by atoms with E-state index in [9.17, 15) is 5.11 Å². The van der Waals surface area contributed by atoms with Gasteiger partial charge >= 0.3 is 0 Å². The molecule has 7 aromatic carbocycles. The maximum atomic E-state index is 10.2. The third-order valence-corrected chi connectivity index (χ3v) is 11.2. The summed E-state index contributed by atoms with van der Waals surface area (Å²) in [4.78, 5) is 0. The van der Waals surface area contributed by atoms with Crippen molar-refractivity contribution in [2.75, 3.05) is 0 Å². The van der Waals surface area contributed by atoms with Crippen LogP contribution in [0.1, 0.15) is 66.8 Å². The zero-order valence-corrected chi connectivity index (χ0v) is 38.8. The van der Waals surface area contributed by atoms with E-state index in [1.165, 1.54) is 11.1 Å². The number of aryl methyl sites for hydroxylation is 2. The van der Waals surface area contributed by atoms with E-state index >= 15 is 0 Å². The second-order valence-electron chi connectivity index (χ2n) is 15.6. The molecule has 0 amide bonds. The van der Waals surface area contributed by atoms with Gasteiger partial charge in [0.05, 0.1) is 46.2 Å². The topological polar surface area (TPSA) is 75.6 Å². The van der Waals surface area contributed by atoms with Gasteiger partial charge in [-0.1, -0.05) is 122 Å². The third kappa shape index (κ3) is 14.9. The molecule has 63 heavy (non-hydrogen) atoms. The SMILES string of the molecule is Cc1cccc(COCc2cc(COc3cc(CO)cc(COCc4cc(COCc5ccccc5C)cc(OCc5ccc(Br)cc5)c4)c3)cc(OCc3cccc(Br)c3)c2)c1. The Morgan fingerprint density at radius 1 is 0.365 bits per heavy atom. The van der Waals surface area contributed by atoms with Crippen molar-refractivity contribution in [3.05, 3.63) is 227 Å². The highest BCUT2D eigenvalue weighted by atomic mass is 79.9. The number of halogens is 2. The van der Waals surface area contributed by atoms with Crippen LogP contribution in [-0.2, 0) is 80.3 Å². The summed E-state index contributed by atoms with van der Waals surface area (Å²) >= 11 is 7.07. The number of hydrogen-bond donors (Lipinski definition) is 1. The van der Waals surface area contributed by atoms with Gasteiger partial charge in [0.2, 0.25) is 0 Å². The van der Waals surface area contributed by atoms with E-state index in [0.29, 0.717) is 58.6 Å². The van der Waals surface area contributed by atoms with E-state index in [2.05, 4.69) is 88.2 Å². The van der Waals surface area contributed by atoms with E-state index in [1.807, 2.05) is 109 Å². The quantitative estimate of drug-likeness (QED) is 0.0725. The van der Waals surface area contributed by atoms with Gasteiger partial charge in [0, 0.05) is 8.95 Å². The van der Waals surface area contributed by atoms with E-state index < -0.39 is 0 Å². The largest absolute Gasteiger partial charge is 0.489 e. The molecule has 7 rings (SSSR count). The predicted octanol–water partition coefficient (Wildman–Crippen LogP) is 13.2. The normalized spacial score (nSPS) is 11.1. The van der Waals surface area contributed by atoms with Crippen molar-refractivity contribution >= 4 is 31.9 Å². The van der Waals surface area contributed by atoms with E-state index in [1.54, 1.807) is 0 Å². The maximum absolute atomic E-state index is 10.2. The van der Waals surface area contributed by atoms with Gasteiger partial charge in [-0.3, -0.25) is 0 Å². The number of aliphatic hydroxyl groups is 1. The fourth-order valence-corrected chi connectivity index (χ4v) is 7.79. The first kappa shape index (κ1) is 45.8. The molecule has 1 N–H and O–H groups in total. The first-order chi connectivity index (χ1) is 30.7. The highest BCUT2D eigenvalue weighted by Gasteiger charge is 2.10. The number of benzene rings is 7. The minimum atomic E-state index is -0.130. The molecular weight excluding hydrogens is 920 g/mol. The Bertz CT molecular complexity index is 2560. The maximum Gasteiger partial charge on any atom is 0.120 e. The second-order valence-corrected chi connectivity index (χ2v) is 17.5. The lowest BCUT2D eigenvalue weighted by molar-refractivity contribution is 0.102. The Labute approximate surface area is 387 Å². The Morgan fingerprint density at radius 2 is 0.825 bits per heavy atom. The molecule has 0 radical (unpaired) electrons. The standard InChI is InChI=1S/C54H52Br2O7/c1-38-7-5-9-41(17-38)29-58-31-47-20-48(27-54(26-47)62-35-42-10-6-12-51(56)21-42)36-63-52-22-43(28-57)18-44(23-52)30-59-32-45-19-46(33-60-37-49-11-4-3-8-39(49)2)25-53(24-45)61-34-40-13-15-50(55)16-14-40/h3-27,57H,28-37H2,1-2H3. The first-order valence-electron chi connectivity index (χ1n) is 20.9. The number of ether oxygens (including phenoxy) is 6. The first-order valence-corrected chi connectivity index (χ1v) is 22.5. The van der Waals surface area contributed by atoms with Crippen molar-refractivity contribution in [1.82, 2.24) is 0 Å². The van der Waals surface area contributed by atoms with Crippen molar-refractivity contribution in [1.29, 1.82) is 0 Å². The van der Waals surface area contributed by atoms with E-state index in [-0.39, 0.29) is 13.2 Å². The van der Waals surface area contributed by atoms with Crippen molar-refractivity contribution in [2.24, 2.45) is 0 Å². The summed E-state index contributed by atoms with van der Waals surface area (Å²) < 4.78 is 39.6. The lowest BCUT2D eigenvalue weighted by Crippen LogP contribution is -2.03. The summed E-state index contributed by atoms with van der Waals surface area (Å²) in [7, 11) is 0. The third-order valence-electron chi connectivity index (χ3n) is 10.2. The molecule has 324 valence electrons. The van der Waals surface area contributed by atoms with Crippen LogP contribution in [0.15, 0.2) is 161 Å². The molecule has 0 spiro atoms. The molecular formula is C54H52Br2O7. The fourth-order valence-electron chi connectivity index (χ4n) is 7.08. The molecule has 0 aliphatic heterocycles. The van der Waals surface area contributed by atoms with Gasteiger partial charge in [0.1, 0.15) is 37.1 Å². The Morgan fingerprint density at radius 3 is 1.38 bits per heavy atom. The molecule has 0 heterocycles. The van der Waals surface area contributed by atoms with Crippen molar-refractivity contribution in [3.63, 3.8) is 0 Å². The van der Waals surface area contributed by atoms with Crippen molar-refractivity contribution in [2.45, 2.75) is 79.9 Å². The molecule has 0 saturated carbocycles. The Hall–Kier alpha value is -5.26. The predicted molar refractivity (Wildman–Crippen MR) is 254 cm³/mol. The lowest BCUT2D eigenvalue weighted by Gasteiger charge is -2.15. The zero-order valence-electron chi connectivity index (χ0n) is 35.7. The van der Waals surface area contributed by atoms with Gasteiger partial charge in [-0.05, 0) is 142 Å². The Kier molecular flexibility index (Phi) is 17.0. The molecule has 0 fully saturated rings. The van der Waals surface area contributed by atoms with Gasteiger partial charge in [0.25, 0.3) is 0 Å². The van der Waals surface area contributed by atoms with Crippen LogP contribution in [0.4, 0.5) is 0 Å². The van der Waals surface area contributed by atoms with E-state index in [4.69, 9.17) is 28.4 Å². The van der Waals surface area contributed by atoms with E-state index in [0.717, 1.165) is 76.1 Å². The van der Waals surface area contributed by atoms with Crippen LogP contribution in [0.2, 0.25) is 0 Å². The average molecular weight is 973 g/mol. The monoisotopic (exact) mass is 970 g/mol. The van der Waals surface area contributed by atoms with Crippen LogP contribution in [0.3, 0.4) is 0 Å². The highest BCUT2D eigenvalue weighted by molar-refractivity contribution is 9.10. The molecule has 7 nitrogen and oxygen atoms in total. The molecule has 0 aromatic heterocycles. The number of rotatable bonds is 22. The molecule has 0 unspecified atom stereocenters. The van der Waals surface area contributed by atoms with Gasteiger partial charge in [0.15, 0.2) is 0 Å². The molecule has 0 aliphatic carbocycles. The van der Waals surface area contributed by atoms with Crippen LogP contribution in [0.5, 0.6) is 17.2 Å². The summed E-state index contributed by atoms with van der Waals surface area (Å²) in [6, 6.07) is 50.8. The van der Waals surface area contributed by atoms with Gasteiger partial charge in [-0.2, -0.15) is 0 Å². The van der Waals surface area contributed by atoms with Gasteiger partial charge < -0.3 is 33.5 Å². The summed E-state index contributed by atoms with van der Waals surface area (Å²) in [5, 5.41) is 10.2. The average Bonchev–Trinajstić information content (AvgIpc) is 3.28. The molecule has 0 aliphatic rings. The van der Waals surface area contributed by atoms with Crippen molar-refractivity contribution < 1.29 is 33.5 Å². The Balaban J connectivity index is 1.01. The van der Waals surface area contributed by atoms with Crippen molar-refractivity contribution in [3.8, 4) is 17.2 Å². The van der Waals surface area contributed by atoms with Crippen LogP contribution < -0.4 is 14.2 Å². The summed E-state index contributed by atoms with van der Waals surface area (Å²) in [5.74, 6) is 2.11. The van der Waals surface area contributed by atoms with Gasteiger partial charge in [-0.15, -0.1) is 0 Å². The molecule has 0 bridgehead atoms. The summed E-state index contributed by atoms with van der Waals surface area (Å²) in [6.07, 6.45) is 0.